The fourth-order valence-electron chi connectivity index (χ4n) is 1.50. The molecule has 1 atom stereocenters. The van der Waals surface area contributed by atoms with Gasteiger partial charge in [0.25, 0.3) is 0 Å². The summed E-state index contributed by atoms with van der Waals surface area (Å²) in [5.41, 5.74) is 6.25. The Bertz CT molecular complexity index is 445. The molecule has 0 spiro atoms. The molecular formula is C11H17BrNO4P. The Morgan fingerprint density at radius 2 is 1.94 bits per heavy atom. The molecule has 1 rings (SSSR count). The SMILES string of the molecule is CCOP(=O)(OCC)[C@H](N)c1cccc(Br)c1O. The highest BCUT2D eigenvalue weighted by atomic mass is 79.9. The highest BCUT2D eigenvalue weighted by molar-refractivity contribution is 9.10. The van der Waals surface area contributed by atoms with Gasteiger partial charge in [-0.2, -0.15) is 0 Å². The molecule has 1 aromatic rings. The summed E-state index contributed by atoms with van der Waals surface area (Å²) in [7, 11) is -3.48. The van der Waals surface area contributed by atoms with Crippen LogP contribution in [0.3, 0.4) is 0 Å². The number of rotatable bonds is 6. The number of aromatic hydroxyl groups is 1. The molecular weight excluding hydrogens is 321 g/mol. The summed E-state index contributed by atoms with van der Waals surface area (Å²) in [6.45, 7) is 3.86. The molecule has 0 saturated heterocycles. The van der Waals surface area contributed by atoms with Crippen LogP contribution < -0.4 is 5.73 Å². The van der Waals surface area contributed by atoms with E-state index in [0.29, 0.717) is 10.0 Å². The first-order valence-corrected chi connectivity index (χ1v) is 7.98. The molecule has 102 valence electrons. The Balaban J connectivity index is 3.13. The number of benzene rings is 1. The third kappa shape index (κ3) is 3.33. The number of phenolic OH excluding ortho intramolecular Hbond substituents is 1. The maximum atomic E-state index is 12.5. The van der Waals surface area contributed by atoms with Crippen molar-refractivity contribution in [3.8, 4) is 5.75 Å². The van der Waals surface area contributed by atoms with Crippen LogP contribution in [0.15, 0.2) is 22.7 Å². The van der Waals surface area contributed by atoms with Crippen LogP contribution in [-0.2, 0) is 13.6 Å². The van der Waals surface area contributed by atoms with Gasteiger partial charge in [-0.15, -0.1) is 0 Å². The molecule has 0 aliphatic rings. The van der Waals surface area contributed by atoms with E-state index >= 15 is 0 Å². The molecule has 18 heavy (non-hydrogen) atoms. The van der Waals surface area contributed by atoms with Crippen LogP contribution in [0.5, 0.6) is 5.75 Å². The third-order valence-corrected chi connectivity index (χ3v) is 5.13. The number of hydrogen-bond donors (Lipinski definition) is 2. The average molecular weight is 338 g/mol. The Morgan fingerprint density at radius 1 is 1.39 bits per heavy atom. The number of phenols is 1. The van der Waals surface area contributed by atoms with Gasteiger partial charge in [0, 0.05) is 5.56 Å². The van der Waals surface area contributed by atoms with E-state index in [0.717, 1.165) is 0 Å². The van der Waals surface area contributed by atoms with Crippen LogP contribution in [0.25, 0.3) is 0 Å². The summed E-state index contributed by atoms with van der Waals surface area (Å²) in [5.74, 6) is -1.07. The van der Waals surface area contributed by atoms with E-state index in [1.165, 1.54) is 0 Å². The molecule has 0 saturated carbocycles. The first-order valence-electron chi connectivity index (χ1n) is 5.58. The summed E-state index contributed by atoms with van der Waals surface area (Å²) in [6.07, 6.45) is 0. The highest BCUT2D eigenvalue weighted by Crippen LogP contribution is 2.59. The van der Waals surface area contributed by atoms with Gasteiger partial charge in [0.05, 0.1) is 17.7 Å². The lowest BCUT2D eigenvalue weighted by Crippen LogP contribution is -2.15. The van der Waals surface area contributed by atoms with Crippen molar-refractivity contribution in [2.24, 2.45) is 5.73 Å². The molecule has 0 fully saturated rings. The number of hydrogen-bond acceptors (Lipinski definition) is 5. The van der Waals surface area contributed by atoms with Crippen LogP contribution in [0.4, 0.5) is 0 Å². The van der Waals surface area contributed by atoms with E-state index in [1.54, 1.807) is 32.0 Å². The van der Waals surface area contributed by atoms with Gasteiger partial charge in [0.1, 0.15) is 11.5 Å². The van der Waals surface area contributed by atoms with Crippen molar-refractivity contribution in [3.63, 3.8) is 0 Å². The van der Waals surface area contributed by atoms with Crippen molar-refractivity contribution in [1.29, 1.82) is 0 Å². The van der Waals surface area contributed by atoms with Gasteiger partial charge < -0.3 is 19.9 Å². The molecule has 0 bridgehead atoms. The second kappa shape index (κ2) is 6.68. The van der Waals surface area contributed by atoms with Crippen molar-refractivity contribution < 1.29 is 18.7 Å². The maximum absolute atomic E-state index is 12.5. The van der Waals surface area contributed by atoms with Crippen LogP contribution in [0, 0.1) is 0 Å². The summed E-state index contributed by atoms with van der Waals surface area (Å²) in [5, 5.41) is 9.91. The minimum Gasteiger partial charge on any atom is -0.506 e. The first kappa shape index (κ1) is 15.7. The Morgan fingerprint density at radius 3 is 2.44 bits per heavy atom. The second-order valence-corrected chi connectivity index (χ2v) is 6.50. The molecule has 0 unspecified atom stereocenters. The summed E-state index contributed by atoms with van der Waals surface area (Å²) in [6, 6.07) is 4.95. The van der Waals surface area contributed by atoms with E-state index in [9.17, 15) is 9.67 Å². The molecule has 0 amide bonds. The van der Waals surface area contributed by atoms with E-state index in [-0.39, 0.29) is 19.0 Å². The maximum Gasteiger partial charge on any atom is 0.351 e. The van der Waals surface area contributed by atoms with E-state index in [4.69, 9.17) is 14.8 Å². The van der Waals surface area contributed by atoms with Crippen molar-refractivity contribution >= 4 is 23.5 Å². The molecule has 0 aromatic heterocycles. The molecule has 0 aliphatic carbocycles. The third-order valence-electron chi connectivity index (χ3n) is 2.30. The van der Waals surface area contributed by atoms with Crippen molar-refractivity contribution in [2.45, 2.75) is 19.6 Å². The summed E-state index contributed by atoms with van der Waals surface area (Å²) >= 11 is 3.18. The van der Waals surface area contributed by atoms with Gasteiger partial charge in [-0.1, -0.05) is 12.1 Å². The topological polar surface area (TPSA) is 81.8 Å². The number of nitrogens with two attached hydrogens (primary N) is 1. The van der Waals surface area contributed by atoms with Gasteiger partial charge in [-0.25, -0.2) is 0 Å². The molecule has 5 nitrogen and oxygen atoms in total. The van der Waals surface area contributed by atoms with Gasteiger partial charge in [0.2, 0.25) is 0 Å². The van der Waals surface area contributed by atoms with Gasteiger partial charge in [-0.3, -0.25) is 4.57 Å². The van der Waals surface area contributed by atoms with E-state index in [1.807, 2.05) is 0 Å². The normalized spacial score (nSPS) is 13.6. The molecule has 1 aromatic carbocycles. The zero-order chi connectivity index (χ0) is 13.8. The minimum atomic E-state index is -3.48. The summed E-state index contributed by atoms with van der Waals surface area (Å²) < 4.78 is 23.3. The predicted molar refractivity (Wildman–Crippen MR) is 73.6 cm³/mol. The second-order valence-electron chi connectivity index (χ2n) is 3.50. The fraction of sp³-hybridized carbons (Fsp3) is 0.455. The summed E-state index contributed by atoms with van der Waals surface area (Å²) in [4.78, 5) is 0. The van der Waals surface area contributed by atoms with Gasteiger partial charge in [-0.05, 0) is 35.8 Å². The van der Waals surface area contributed by atoms with E-state index < -0.39 is 13.4 Å². The van der Waals surface area contributed by atoms with Crippen molar-refractivity contribution in [2.75, 3.05) is 13.2 Å². The average Bonchev–Trinajstić information content (AvgIpc) is 2.32. The van der Waals surface area contributed by atoms with Crippen LogP contribution in [0.2, 0.25) is 0 Å². The molecule has 0 radical (unpaired) electrons. The first-order chi connectivity index (χ1) is 8.46. The Labute approximate surface area is 115 Å². The Hall–Kier alpha value is -0.390. The quantitative estimate of drug-likeness (QED) is 0.777. The standard InChI is InChI=1S/C11H17BrNO4P/c1-3-16-18(15,17-4-2)11(13)8-6-5-7-9(12)10(8)14/h5-7,11,14H,3-4,13H2,1-2H3/t11-/m0/s1. The monoisotopic (exact) mass is 337 g/mol. The lowest BCUT2D eigenvalue weighted by atomic mass is 10.2. The highest BCUT2D eigenvalue weighted by Gasteiger charge is 2.35. The van der Waals surface area contributed by atoms with Crippen molar-refractivity contribution in [3.05, 3.63) is 28.2 Å². The Kier molecular flexibility index (Phi) is 5.82. The largest absolute Gasteiger partial charge is 0.506 e. The molecule has 3 N–H and O–H groups in total. The van der Waals surface area contributed by atoms with Crippen LogP contribution in [-0.4, -0.2) is 18.3 Å². The zero-order valence-corrected chi connectivity index (χ0v) is 12.8. The molecule has 0 aliphatic heterocycles. The molecule has 0 heterocycles. The predicted octanol–water partition coefficient (Wildman–Crippen LogP) is 3.38. The fourth-order valence-corrected chi connectivity index (χ4v) is 3.54. The molecule has 7 heteroatoms. The van der Waals surface area contributed by atoms with Gasteiger partial charge in [0.15, 0.2) is 0 Å². The van der Waals surface area contributed by atoms with Crippen LogP contribution >= 0.6 is 23.5 Å². The minimum absolute atomic E-state index is 0.0513. The van der Waals surface area contributed by atoms with Gasteiger partial charge >= 0.3 is 7.60 Å². The number of para-hydroxylation sites is 1. The van der Waals surface area contributed by atoms with Crippen LogP contribution in [0.1, 0.15) is 25.2 Å². The van der Waals surface area contributed by atoms with Crippen molar-refractivity contribution in [1.82, 2.24) is 0 Å². The number of halogens is 1. The smallest absolute Gasteiger partial charge is 0.351 e. The zero-order valence-electron chi connectivity index (χ0n) is 10.3. The lowest BCUT2D eigenvalue weighted by molar-refractivity contribution is 0.212. The van der Waals surface area contributed by atoms with E-state index in [2.05, 4.69) is 15.9 Å². The lowest BCUT2D eigenvalue weighted by Gasteiger charge is -2.24.